The average molecular weight is 161 g/mol. The fourth-order valence-electron chi connectivity index (χ4n) is 1.42. The zero-order valence-electron chi connectivity index (χ0n) is 4.28. The lowest BCUT2D eigenvalue weighted by atomic mass is 10.3. The molecule has 0 aromatic carbocycles. The molecule has 0 amide bonds. The molecule has 2 saturated carbocycles. The maximum absolute atomic E-state index is 3.49. The largest absolute Gasteiger partial charge is 0.0925 e. The van der Waals surface area contributed by atoms with E-state index in [2.05, 4.69) is 15.9 Å². The maximum Gasteiger partial charge on any atom is 0.00651 e. The molecular formula is C6H9Br. The van der Waals surface area contributed by atoms with E-state index < -0.39 is 0 Å². The molecule has 1 heteroatoms. The summed E-state index contributed by atoms with van der Waals surface area (Å²) in [6.07, 6.45) is 4.59. The van der Waals surface area contributed by atoms with Crippen LogP contribution in [0.25, 0.3) is 0 Å². The Balaban J connectivity index is 1.97. The summed E-state index contributed by atoms with van der Waals surface area (Å²) in [5, 5.41) is 1.26. The van der Waals surface area contributed by atoms with Crippen LogP contribution in [-0.4, -0.2) is 5.33 Å². The Morgan fingerprint density at radius 3 is 2.43 bits per heavy atom. The van der Waals surface area contributed by atoms with Crippen LogP contribution >= 0.6 is 15.9 Å². The van der Waals surface area contributed by atoms with Crippen molar-refractivity contribution in [2.45, 2.75) is 19.3 Å². The second-order valence-corrected chi connectivity index (χ2v) is 3.57. The highest BCUT2D eigenvalue weighted by Gasteiger charge is 2.61. The van der Waals surface area contributed by atoms with Gasteiger partial charge in [-0.1, -0.05) is 15.9 Å². The van der Waals surface area contributed by atoms with Gasteiger partial charge >= 0.3 is 0 Å². The summed E-state index contributed by atoms with van der Waals surface area (Å²) < 4.78 is 0. The van der Waals surface area contributed by atoms with Gasteiger partial charge in [-0.05, 0) is 30.6 Å². The summed E-state index contributed by atoms with van der Waals surface area (Å²) in [6, 6.07) is 0. The van der Waals surface area contributed by atoms with Crippen molar-refractivity contribution in [3.8, 4) is 0 Å². The summed E-state index contributed by atoms with van der Waals surface area (Å²) in [5.74, 6) is 1.08. The predicted molar refractivity (Wildman–Crippen MR) is 33.6 cm³/mol. The van der Waals surface area contributed by atoms with E-state index in [0.717, 1.165) is 11.3 Å². The molecular weight excluding hydrogens is 152 g/mol. The van der Waals surface area contributed by atoms with Crippen molar-refractivity contribution in [3.63, 3.8) is 0 Å². The molecule has 0 bridgehead atoms. The van der Waals surface area contributed by atoms with E-state index in [-0.39, 0.29) is 0 Å². The molecule has 0 saturated heterocycles. The first kappa shape index (κ1) is 4.37. The first-order valence-corrected chi connectivity index (χ1v) is 4.05. The molecule has 0 aromatic heterocycles. The Hall–Kier alpha value is 0.480. The molecule has 1 atom stereocenters. The van der Waals surface area contributed by atoms with Gasteiger partial charge < -0.3 is 0 Å². The number of rotatable bonds is 1. The van der Waals surface area contributed by atoms with Crippen molar-refractivity contribution >= 4 is 15.9 Å². The van der Waals surface area contributed by atoms with Gasteiger partial charge in [0, 0.05) is 5.33 Å². The van der Waals surface area contributed by atoms with E-state index >= 15 is 0 Å². The molecule has 40 valence electrons. The van der Waals surface area contributed by atoms with Crippen LogP contribution in [0, 0.1) is 11.3 Å². The molecule has 0 aromatic rings. The maximum atomic E-state index is 3.49. The quantitative estimate of drug-likeness (QED) is 0.517. The molecule has 1 unspecified atom stereocenters. The first-order valence-electron chi connectivity index (χ1n) is 2.93. The third-order valence-corrected chi connectivity index (χ3v) is 3.22. The summed E-state index contributed by atoms with van der Waals surface area (Å²) in [6.45, 7) is 0. The normalized spacial score (nSPS) is 41.6. The van der Waals surface area contributed by atoms with Gasteiger partial charge in [-0.2, -0.15) is 0 Å². The van der Waals surface area contributed by atoms with Gasteiger partial charge in [0.2, 0.25) is 0 Å². The van der Waals surface area contributed by atoms with E-state index in [0.29, 0.717) is 0 Å². The highest BCUT2D eigenvalue weighted by atomic mass is 79.9. The highest BCUT2D eigenvalue weighted by molar-refractivity contribution is 9.09. The van der Waals surface area contributed by atoms with E-state index in [1.807, 2.05) is 0 Å². The lowest BCUT2D eigenvalue weighted by molar-refractivity contribution is 0.784. The van der Waals surface area contributed by atoms with E-state index in [1.54, 1.807) is 0 Å². The van der Waals surface area contributed by atoms with Gasteiger partial charge in [0.1, 0.15) is 0 Å². The zero-order chi connectivity index (χ0) is 4.91. The van der Waals surface area contributed by atoms with Crippen molar-refractivity contribution in [2.75, 3.05) is 5.33 Å². The van der Waals surface area contributed by atoms with Crippen LogP contribution in [0.2, 0.25) is 0 Å². The fraction of sp³-hybridized carbons (Fsp3) is 1.00. The van der Waals surface area contributed by atoms with E-state index in [1.165, 1.54) is 24.6 Å². The number of hydrogen-bond donors (Lipinski definition) is 0. The minimum absolute atomic E-state index is 0.920. The predicted octanol–water partition coefficient (Wildman–Crippen LogP) is 2.18. The van der Waals surface area contributed by atoms with Gasteiger partial charge in [0.05, 0.1) is 0 Å². The van der Waals surface area contributed by atoms with Crippen LogP contribution in [0.3, 0.4) is 0 Å². The standard InChI is InChI=1S/C6H9Br/c7-4-5-3-6(5)1-2-6/h5H,1-4H2. The molecule has 0 N–H and O–H groups in total. The highest BCUT2D eigenvalue weighted by Crippen LogP contribution is 2.70. The van der Waals surface area contributed by atoms with Crippen molar-refractivity contribution in [1.82, 2.24) is 0 Å². The Labute approximate surface area is 52.4 Å². The summed E-state index contributed by atoms with van der Waals surface area (Å²) in [7, 11) is 0. The minimum Gasteiger partial charge on any atom is -0.0925 e. The van der Waals surface area contributed by atoms with Gasteiger partial charge in [0.15, 0.2) is 0 Å². The molecule has 0 heterocycles. The van der Waals surface area contributed by atoms with Crippen LogP contribution in [0.4, 0.5) is 0 Å². The number of alkyl halides is 1. The fourth-order valence-corrected chi connectivity index (χ4v) is 2.34. The van der Waals surface area contributed by atoms with Gasteiger partial charge in [0.25, 0.3) is 0 Å². The second kappa shape index (κ2) is 1.07. The van der Waals surface area contributed by atoms with E-state index in [4.69, 9.17) is 0 Å². The molecule has 2 aliphatic carbocycles. The Morgan fingerprint density at radius 1 is 1.57 bits per heavy atom. The minimum atomic E-state index is 0.920. The summed E-state index contributed by atoms with van der Waals surface area (Å²) >= 11 is 3.49. The molecule has 1 spiro atoms. The van der Waals surface area contributed by atoms with Crippen molar-refractivity contribution in [2.24, 2.45) is 11.3 Å². The summed E-state index contributed by atoms with van der Waals surface area (Å²) in [4.78, 5) is 0. The number of halogens is 1. The Morgan fingerprint density at radius 2 is 2.29 bits per heavy atom. The smallest absolute Gasteiger partial charge is 0.00651 e. The Kier molecular flexibility index (Phi) is 0.668. The summed E-state index contributed by atoms with van der Waals surface area (Å²) in [5.41, 5.74) is 0.920. The van der Waals surface area contributed by atoms with E-state index in [9.17, 15) is 0 Å². The molecule has 0 radical (unpaired) electrons. The van der Waals surface area contributed by atoms with Gasteiger partial charge in [-0.15, -0.1) is 0 Å². The van der Waals surface area contributed by atoms with Crippen LogP contribution in [0.1, 0.15) is 19.3 Å². The SMILES string of the molecule is BrCC1CC12CC2. The Bertz CT molecular complexity index is 94.4. The van der Waals surface area contributed by atoms with Crippen molar-refractivity contribution in [1.29, 1.82) is 0 Å². The van der Waals surface area contributed by atoms with Crippen molar-refractivity contribution < 1.29 is 0 Å². The molecule has 0 aliphatic heterocycles. The molecule has 2 aliphatic rings. The van der Waals surface area contributed by atoms with Crippen LogP contribution in [0.5, 0.6) is 0 Å². The molecule has 0 nitrogen and oxygen atoms in total. The second-order valence-electron chi connectivity index (χ2n) is 2.92. The molecule has 2 fully saturated rings. The van der Waals surface area contributed by atoms with Gasteiger partial charge in [-0.25, -0.2) is 0 Å². The molecule has 2 rings (SSSR count). The third kappa shape index (κ3) is 0.479. The number of hydrogen-bond acceptors (Lipinski definition) is 0. The zero-order valence-corrected chi connectivity index (χ0v) is 5.87. The third-order valence-electron chi connectivity index (χ3n) is 2.44. The van der Waals surface area contributed by atoms with Crippen LogP contribution in [-0.2, 0) is 0 Å². The van der Waals surface area contributed by atoms with Crippen LogP contribution in [0.15, 0.2) is 0 Å². The lowest BCUT2D eigenvalue weighted by Crippen LogP contribution is -1.77. The average Bonchev–Trinajstić information content (AvgIpc) is 2.52. The molecule has 7 heavy (non-hydrogen) atoms. The van der Waals surface area contributed by atoms with Crippen molar-refractivity contribution in [3.05, 3.63) is 0 Å². The van der Waals surface area contributed by atoms with Crippen LogP contribution < -0.4 is 0 Å². The van der Waals surface area contributed by atoms with Gasteiger partial charge in [-0.3, -0.25) is 0 Å². The lowest BCUT2D eigenvalue weighted by Gasteiger charge is -1.80. The first-order chi connectivity index (χ1) is 3.37. The topological polar surface area (TPSA) is 0 Å². The monoisotopic (exact) mass is 160 g/mol.